The molecule has 0 aromatic heterocycles. The SMILES string of the molecule is COCCCNCC(=O)Nc1c(C)cc(C)cc1C. The van der Waals surface area contributed by atoms with Crippen molar-refractivity contribution in [3.63, 3.8) is 0 Å². The fourth-order valence-electron chi connectivity index (χ4n) is 2.10. The maximum absolute atomic E-state index is 11.8. The van der Waals surface area contributed by atoms with Crippen molar-refractivity contribution in [2.75, 3.05) is 32.1 Å². The summed E-state index contributed by atoms with van der Waals surface area (Å²) in [5.74, 6) is -0.00697. The Balaban J connectivity index is 2.44. The molecule has 0 unspecified atom stereocenters. The van der Waals surface area contributed by atoms with E-state index in [4.69, 9.17) is 4.74 Å². The van der Waals surface area contributed by atoms with Gasteiger partial charge >= 0.3 is 0 Å². The van der Waals surface area contributed by atoms with Gasteiger partial charge in [-0.1, -0.05) is 17.7 Å². The number of carbonyl (C=O) groups is 1. The number of carbonyl (C=O) groups excluding carboxylic acids is 1. The topological polar surface area (TPSA) is 50.4 Å². The second kappa shape index (κ2) is 7.92. The van der Waals surface area contributed by atoms with Crippen molar-refractivity contribution in [2.45, 2.75) is 27.2 Å². The molecule has 0 saturated carbocycles. The molecule has 4 nitrogen and oxygen atoms in total. The van der Waals surface area contributed by atoms with E-state index >= 15 is 0 Å². The highest BCUT2D eigenvalue weighted by Gasteiger charge is 2.07. The molecule has 1 rings (SSSR count). The summed E-state index contributed by atoms with van der Waals surface area (Å²) in [5.41, 5.74) is 4.34. The number of hydrogen-bond donors (Lipinski definition) is 2. The van der Waals surface area contributed by atoms with E-state index in [2.05, 4.69) is 29.7 Å². The average Bonchev–Trinajstić information content (AvgIpc) is 2.33. The van der Waals surface area contributed by atoms with Crippen LogP contribution in [0.2, 0.25) is 0 Å². The zero-order valence-corrected chi connectivity index (χ0v) is 12.3. The monoisotopic (exact) mass is 264 g/mol. The molecule has 0 aliphatic rings. The first kappa shape index (κ1) is 15.7. The summed E-state index contributed by atoms with van der Waals surface area (Å²) < 4.78 is 4.95. The van der Waals surface area contributed by atoms with Crippen LogP contribution in [0.1, 0.15) is 23.1 Å². The van der Waals surface area contributed by atoms with Gasteiger partial charge in [-0.25, -0.2) is 0 Å². The lowest BCUT2D eigenvalue weighted by atomic mass is 10.1. The van der Waals surface area contributed by atoms with Gasteiger partial charge in [-0.05, 0) is 44.9 Å². The van der Waals surface area contributed by atoms with E-state index in [-0.39, 0.29) is 5.91 Å². The number of aryl methyl sites for hydroxylation is 3. The van der Waals surface area contributed by atoms with Crippen molar-refractivity contribution in [3.8, 4) is 0 Å². The van der Waals surface area contributed by atoms with Gasteiger partial charge in [0.15, 0.2) is 0 Å². The number of amides is 1. The standard InChI is InChI=1S/C15H24N2O2/c1-11-8-12(2)15(13(3)9-11)17-14(18)10-16-6-5-7-19-4/h8-9,16H,5-7,10H2,1-4H3,(H,17,18). The van der Waals surface area contributed by atoms with E-state index in [1.54, 1.807) is 7.11 Å². The number of hydrogen-bond acceptors (Lipinski definition) is 3. The molecule has 0 fully saturated rings. The maximum Gasteiger partial charge on any atom is 0.238 e. The summed E-state index contributed by atoms with van der Waals surface area (Å²) in [5, 5.41) is 6.06. The van der Waals surface area contributed by atoms with Crippen LogP contribution in [0.4, 0.5) is 5.69 Å². The number of methoxy groups -OCH3 is 1. The first-order chi connectivity index (χ1) is 9.04. The lowest BCUT2D eigenvalue weighted by Gasteiger charge is -2.13. The molecule has 0 atom stereocenters. The highest BCUT2D eigenvalue weighted by Crippen LogP contribution is 2.21. The van der Waals surface area contributed by atoms with Crippen molar-refractivity contribution in [2.24, 2.45) is 0 Å². The van der Waals surface area contributed by atoms with E-state index in [1.807, 2.05) is 13.8 Å². The molecule has 0 radical (unpaired) electrons. The van der Waals surface area contributed by atoms with Crippen molar-refractivity contribution < 1.29 is 9.53 Å². The lowest BCUT2D eigenvalue weighted by Crippen LogP contribution is -2.29. The Hall–Kier alpha value is -1.39. The van der Waals surface area contributed by atoms with E-state index in [0.717, 1.165) is 29.8 Å². The van der Waals surface area contributed by atoms with Crippen LogP contribution < -0.4 is 10.6 Å². The van der Waals surface area contributed by atoms with Gasteiger partial charge in [0.05, 0.1) is 6.54 Å². The van der Waals surface area contributed by atoms with Gasteiger partial charge in [-0.15, -0.1) is 0 Å². The summed E-state index contributed by atoms with van der Waals surface area (Å²) >= 11 is 0. The predicted octanol–water partition coefficient (Wildman–Crippen LogP) is 2.18. The van der Waals surface area contributed by atoms with Gasteiger partial charge in [0.2, 0.25) is 5.91 Å². The van der Waals surface area contributed by atoms with Crippen molar-refractivity contribution in [3.05, 3.63) is 28.8 Å². The molecule has 0 heterocycles. The predicted molar refractivity (Wildman–Crippen MR) is 78.6 cm³/mol. The van der Waals surface area contributed by atoms with Crippen molar-refractivity contribution in [1.82, 2.24) is 5.32 Å². The summed E-state index contributed by atoms with van der Waals surface area (Å²) in [6.07, 6.45) is 0.909. The molecule has 4 heteroatoms. The number of anilines is 1. The molecule has 19 heavy (non-hydrogen) atoms. The Labute approximate surface area is 115 Å². The Bertz CT molecular complexity index is 407. The first-order valence-electron chi connectivity index (χ1n) is 6.62. The summed E-state index contributed by atoms with van der Waals surface area (Å²) in [4.78, 5) is 11.8. The average molecular weight is 264 g/mol. The van der Waals surface area contributed by atoms with Crippen LogP contribution in [0.3, 0.4) is 0 Å². The zero-order chi connectivity index (χ0) is 14.3. The van der Waals surface area contributed by atoms with Crippen LogP contribution >= 0.6 is 0 Å². The summed E-state index contributed by atoms with van der Waals surface area (Å²) in [7, 11) is 1.68. The minimum atomic E-state index is -0.00697. The molecule has 0 aliphatic carbocycles. The minimum absolute atomic E-state index is 0.00697. The lowest BCUT2D eigenvalue weighted by molar-refractivity contribution is -0.115. The minimum Gasteiger partial charge on any atom is -0.385 e. The Morgan fingerprint density at radius 1 is 1.21 bits per heavy atom. The summed E-state index contributed by atoms with van der Waals surface area (Å²) in [6.45, 7) is 7.92. The zero-order valence-electron chi connectivity index (χ0n) is 12.3. The first-order valence-corrected chi connectivity index (χ1v) is 6.62. The molecular formula is C15H24N2O2. The van der Waals surface area contributed by atoms with Crippen LogP contribution in [0.15, 0.2) is 12.1 Å². The third-order valence-corrected chi connectivity index (χ3v) is 2.93. The Kier molecular flexibility index (Phi) is 6.53. The number of rotatable bonds is 7. The van der Waals surface area contributed by atoms with Gasteiger partial charge in [-0.2, -0.15) is 0 Å². The number of benzene rings is 1. The third kappa shape index (κ3) is 5.41. The van der Waals surface area contributed by atoms with Crippen LogP contribution in [0.5, 0.6) is 0 Å². The quantitative estimate of drug-likeness (QED) is 0.742. The summed E-state index contributed by atoms with van der Waals surface area (Å²) in [6, 6.07) is 4.16. The van der Waals surface area contributed by atoms with Gasteiger partial charge in [0.1, 0.15) is 0 Å². The molecule has 106 valence electrons. The molecule has 1 aromatic rings. The number of ether oxygens (including phenoxy) is 1. The molecule has 0 bridgehead atoms. The fraction of sp³-hybridized carbons (Fsp3) is 0.533. The molecule has 2 N–H and O–H groups in total. The molecule has 0 aliphatic heterocycles. The number of nitrogens with one attached hydrogen (secondary N) is 2. The Morgan fingerprint density at radius 3 is 2.42 bits per heavy atom. The molecule has 1 amide bonds. The second-order valence-corrected chi connectivity index (χ2v) is 4.85. The largest absolute Gasteiger partial charge is 0.385 e. The molecular weight excluding hydrogens is 240 g/mol. The van der Waals surface area contributed by atoms with Gasteiger partial charge in [0.25, 0.3) is 0 Å². The molecule has 1 aromatic carbocycles. The van der Waals surface area contributed by atoms with Gasteiger partial charge < -0.3 is 15.4 Å². The van der Waals surface area contributed by atoms with E-state index in [1.165, 1.54) is 5.56 Å². The smallest absolute Gasteiger partial charge is 0.238 e. The van der Waals surface area contributed by atoms with Crippen LogP contribution in [0, 0.1) is 20.8 Å². The molecule has 0 spiro atoms. The van der Waals surface area contributed by atoms with Crippen molar-refractivity contribution >= 4 is 11.6 Å². The normalized spacial score (nSPS) is 10.5. The van der Waals surface area contributed by atoms with Gasteiger partial charge in [0, 0.05) is 19.4 Å². The van der Waals surface area contributed by atoms with Crippen LogP contribution in [-0.2, 0) is 9.53 Å². The fourth-order valence-corrected chi connectivity index (χ4v) is 2.10. The van der Waals surface area contributed by atoms with E-state index in [0.29, 0.717) is 13.2 Å². The van der Waals surface area contributed by atoms with E-state index in [9.17, 15) is 4.79 Å². The molecule has 0 saturated heterocycles. The Morgan fingerprint density at radius 2 is 1.84 bits per heavy atom. The van der Waals surface area contributed by atoms with E-state index < -0.39 is 0 Å². The van der Waals surface area contributed by atoms with Gasteiger partial charge in [-0.3, -0.25) is 4.79 Å². The van der Waals surface area contributed by atoms with Crippen molar-refractivity contribution in [1.29, 1.82) is 0 Å². The van der Waals surface area contributed by atoms with Crippen LogP contribution in [-0.4, -0.2) is 32.7 Å². The maximum atomic E-state index is 11.8. The highest BCUT2D eigenvalue weighted by molar-refractivity contribution is 5.93. The second-order valence-electron chi connectivity index (χ2n) is 4.85. The third-order valence-electron chi connectivity index (χ3n) is 2.93. The highest BCUT2D eigenvalue weighted by atomic mass is 16.5. The van der Waals surface area contributed by atoms with Crippen LogP contribution in [0.25, 0.3) is 0 Å².